The van der Waals surface area contributed by atoms with Crippen molar-refractivity contribution in [3.05, 3.63) is 54.1 Å². The predicted octanol–water partition coefficient (Wildman–Crippen LogP) is 2.62. The fourth-order valence-electron chi connectivity index (χ4n) is 2.80. The van der Waals surface area contributed by atoms with Gasteiger partial charge < -0.3 is 4.74 Å². The van der Waals surface area contributed by atoms with Crippen molar-refractivity contribution in [2.45, 2.75) is 4.90 Å². The molecule has 0 aliphatic rings. The molecule has 0 radical (unpaired) electrons. The van der Waals surface area contributed by atoms with E-state index in [-0.39, 0.29) is 4.90 Å². The first kappa shape index (κ1) is 18.3. The molecule has 0 aliphatic carbocycles. The molecule has 0 atom stereocenters. The highest BCUT2D eigenvalue weighted by molar-refractivity contribution is 7.92. The van der Waals surface area contributed by atoms with E-state index < -0.39 is 10.0 Å². The van der Waals surface area contributed by atoms with Crippen LogP contribution in [0.25, 0.3) is 16.7 Å². The van der Waals surface area contributed by atoms with Crippen LogP contribution in [0.3, 0.4) is 0 Å². The van der Waals surface area contributed by atoms with Crippen LogP contribution in [-0.2, 0) is 17.1 Å². The van der Waals surface area contributed by atoms with Crippen LogP contribution in [0.1, 0.15) is 0 Å². The van der Waals surface area contributed by atoms with E-state index in [0.29, 0.717) is 27.8 Å². The number of ether oxygens (including phenoxy) is 1. The van der Waals surface area contributed by atoms with E-state index in [1.165, 1.54) is 30.3 Å². The molecule has 144 valence electrons. The summed E-state index contributed by atoms with van der Waals surface area (Å²) in [6.45, 7) is 0. The highest BCUT2D eigenvalue weighted by atomic mass is 35.5. The van der Waals surface area contributed by atoms with E-state index in [0.717, 1.165) is 5.39 Å². The van der Waals surface area contributed by atoms with Crippen LogP contribution >= 0.6 is 11.6 Å². The maximum atomic E-state index is 12.9. The fraction of sp³-hybridized carbons (Fsp3) is 0.118. The molecule has 0 saturated carbocycles. The quantitative estimate of drug-likeness (QED) is 0.534. The number of hydrogen-bond donors (Lipinski definition) is 1. The second kappa shape index (κ2) is 6.80. The number of methoxy groups -OCH3 is 1. The lowest BCUT2D eigenvalue weighted by atomic mass is 10.2. The van der Waals surface area contributed by atoms with Crippen LogP contribution in [0.4, 0.5) is 5.69 Å². The number of anilines is 1. The molecule has 4 aromatic rings. The number of fused-ring (bicyclic) bond motifs is 1. The third-order valence-electron chi connectivity index (χ3n) is 4.14. The summed E-state index contributed by atoms with van der Waals surface area (Å²) >= 11 is 5.85. The summed E-state index contributed by atoms with van der Waals surface area (Å²) in [4.78, 5) is 4.15. The highest BCUT2D eigenvalue weighted by Gasteiger charge is 2.21. The van der Waals surface area contributed by atoms with Crippen LogP contribution in [0.5, 0.6) is 5.75 Å². The molecule has 0 unspecified atom stereocenters. The Balaban J connectivity index is 1.72. The van der Waals surface area contributed by atoms with Crippen molar-refractivity contribution < 1.29 is 13.2 Å². The van der Waals surface area contributed by atoms with Crippen LogP contribution in [0.15, 0.2) is 53.9 Å². The van der Waals surface area contributed by atoms with Crippen molar-refractivity contribution in [2.24, 2.45) is 7.05 Å². The molecule has 1 aromatic carbocycles. The largest absolute Gasteiger partial charge is 0.494 e. The normalized spacial score (nSPS) is 11.7. The first-order valence-electron chi connectivity index (χ1n) is 8.07. The van der Waals surface area contributed by atoms with Gasteiger partial charge >= 0.3 is 0 Å². The molecule has 0 fully saturated rings. The van der Waals surface area contributed by atoms with Crippen molar-refractivity contribution in [1.82, 2.24) is 24.5 Å². The summed E-state index contributed by atoms with van der Waals surface area (Å²) < 4.78 is 36.8. The number of hydrogen-bond acceptors (Lipinski definition) is 6. The topological polar surface area (TPSA) is 104 Å². The van der Waals surface area contributed by atoms with Crippen molar-refractivity contribution in [1.29, 1.82) is 0 Å². The lowest BCUT2D eigenvalue weighted by Crippen LogP contribution is -2.15. The molecule has 9 nitrogen and oxygen atoms in total. The number of halogens is 1. The van der Waals surface area contributed by atoms with E-state index in [4.69, 9.17) is 16.3 Å². The summed E-state index contributed by atoms with van der Waals surface area (Å²) in [5.74, 6) is 0.826. The minimum Gasteiger partial charge on any atom is -0.494 e. The molecule has 3 aromatic heterocycles. The molecule has 3 heterocycles. The Morgan fingerprint density at radius 3 is 2.57 bits per heavy atom. The Kier molecular flexibility index (Phi) is 4.44. The lowest BCUT2D eigenvalue weighted by molar-refractivity contribution is 0.417. The zero-order chi connectivity index (χ0) is 19.9. The van der Waals surface area contributed by atoms with Gasteiger partial charge in [0.05, 0.1) is 36.2 Å². The summed E-state index contributed by atoms with van der Waals surface area (Å²) in [6, 6.07) is 6.48. The van der Waals surface area contributed by atoms with Gasteiger partial charge in [0.2, 0.25) is 0 Å². The fourth-order valence-corrected chi connectivity index (χ4v) is 3.96. The van der Waals surface area contributed by atoms with Crippen LogP contribution in [0, 0.1) is 0 Å². The van der Waals surface area contributed by atoms with Crippen LogP contribution < -0.4 is 9.46 Å². The Bertz CT molecular complexity index is 1260. The van der Waals surface area contributed by atoms with Gasteiger partial charge in [-0.2, -0.15) is 10.2 Å². The molecular weight excluding hydrogens is 404 g/mol. The second-order valence-corrected chi connectivity index (χ2v) is 8.03. The van der Waals surface area contributed by atoms with Gasteiger partial charge in [-0.25, -0.2) is 18.1 Å². The number of pyridine rings is 1. The number of rotatable bonds is 5. The standard InChI is InChI=1S/C17H15ClN6O3S/c1-23-17-11(7-20-23)3-5-14(27-2)16(17)22-28(25,26)13-4-6-15(19-9-13)24-10-12(18)8-21-24/h3-10,22H,1-2H3. The lowest BCUT2D eigenvalue weighted by Gasteiger charge is -2.14. The third-order valence-corrected chi connectivity index (χ3v) is 5.67. The summed E-state index contributed by atoms with van der Waals surface area (Å²) in [6.07, 6.45) is 5.95. The van der Waals surface area contributed by atoms with E-state index in [9.17, 15) is 8.42 Å². The number of nitrogens with zero attached hydrogens (tertiary/aromatic N) is 5. The van der Waals surface area contributed by atoms with Gasteiger partial charge in [0, 0.05) is 18.6 Å². The van der Waals surface area contributed by atoms with Crippen molar-refractivity contribution in [3.8, 4) is 11.6 Å². The first-order valence-corrected chi connectivity index (χ1v) is 9.93. The van der Waals surface area contributed by atoms with E-state index in [1.807, 2.05) is 6.07 Å². The van der Waals surface area contributed by atoms with Crippen LogP contribution in [0.2, 0.25) is 5.02 Å². The zero-order valence-electron chi connectivity index (χ0n) is 14.9. The molecule has 0 aliphatic heterocycles. The van der Waals surface area contributed by atoms with Gasteiger partial charge in [-0.3, -0.25) is 9.40 Å². The summed E-state index contributed by atoms with van der Waals surface area (Å²) in [7, 11) is -0.715. The third kappa shape index (κ3) is 3.16. The summed E-state index contributed by atoms with van der Waals surface area (Å²) in [5.41, 5.74) is 0.918. The number of nitrogens with one attached hydrogen (secondary N) is 1. The second-order valence-electron chi connectivity index (χ2n) is 5.91. The maximum absolute atomic E-state index is 12.9. The summed E-state index contributed by atoms with van der Waals surface area (Å²) in [5, 5.41) is 9.45. The number of aromatic nitrogens is 5. The Labute approximate surface area is 165 Å². The molecule has 0 amide bonds. The molecule has 0 saturated heterocycles. The van der Waals surface area contributed by atoms with Gasteiger partial charge in [-0.15, -0.1) is 0 Å². The first-order chi connectivity index (χ1) is 13.4. The molecule has 0 spiro atoms. The van der Waals surface area contributed by atoms with E-state index >= 15 is 0 Å². The Morgan fingerprint density at radius 1 is 1.11 bits per heavy atom. The molecule has 0 bridgehead atoms. The van der Waals surface area contributed by atoms with E-state index in [1.54, 1.807) is 36.3 Å². The van der Waals surface area contributed by atoms with Gasteiger partial charge in [-0.05, 0) is 24.3 Å². The number of aryl methyl sites for hydroxylation is 1. The van der Waals surface area contributed by atoms with Crippen molar-refractivity contribution >= 4 is 38.2 Å². The SMILES string of the molecule is COc1ccc2cnn(C)c2c1NS(=O)(=O)c1ccc(-n2cc(Cl)cn2)nc1. The monoisotopic (exact) mass is 418 g/mol. The Hall–Kier alpha value is -3.11. The Morgan fingerprint density at radius 2 is 1.93 bits per heavy atom. The van der Waals surface area contributed by atoms with Crippen molar-refractivity contribution in [3.63, 3.8) is 0 Å². The van der Waals surface area contributed by atoms with E-state index in [2.05, 4.69) is 19.9 Å². The maximum Gasteiger partial charge on any atom is 0.263 e. The number of benzene rings is 1. The predicted molar refractivity (Wildman–Crippen MR) is 104 cm³/mol. The molecule has 1 N–H and O–H groups in total. The molecule has 4 rings (SSSR count). The molecule has 28 heavy (non-hydrogen) atoms. The average molecular weight is 419 g/mol. The van der Waals surface area contributed by atoms with Gasteiger partial charge in [0.1, 0.15) is 16.3 Å². The van der Waals surface area contributed by atoms with Gasteiger partial charge in [-0.1, -0.05) is 11.6 Å². The smallest absolute Gasteiger partial charge is 0.263 e. The van der Waals surface area contributed by atoms with Gasteiger partial charge in [0.15, 0.2) is 5.82 Å². The van der Waals surface area contributed by atoms with Crippen molar-refractivity contribution in [2.75, 3.05) is 11.8 Å². The minimum atomic E-state index is -3.92. The molecule has 11 heteroatoms. The number of sulfonamides is 1. The average Bonchev–Trinajstić information content (AvgIpc) is 3.28. The van der Waals surface area contributed by atoms with Gasteiger partial charge in [0.25, 0.3) is 10.0 Å². The minimum absolute atomic E-state index is 0.00396. The van der Waals surface area contributed by atoms with Crippen LogP contribution in [-0.4, -0.2) is 40.1 Å². The zero-order valence-corrected chi connectivity index (χ0v) is 16.4. The molecular formula is C17H15ClN6O3S. The highest BCUT2D eigenvalue weighted by Crippen LogP contribution is 2.34.